The summed E-state index contributed by atoms with van der Waals surface area (Å²) in [6.07, 6.45) is 4.49. The molecule has 2 heterocycles. The summed E-state index contributed by atoms with van der Waals surface area (Å²) in [5.74, 6) is 0.299. The first-order valence-corrected chi connectivity index (χ1v) is 6.45. The molecule has 0 aromatic carbocycles. The number of piperidine rings is 1. The first-order valence-electron chi connectivity index (χ1n) is 6.45. The molecule has 0 spiro atoms. The van der Waals surface area contributed by atoms with Crippen LogP contribution in [0.2, 0.25) is 0 Å². The normalized spacial score (nSPS) is 27.3. The van der Waals surface area contributed by atoms with E-state index in [0.717, 1.165) is 51.9 Å². The average Bonchev–Trinajstić information content (AvgIpc) is 2.83. The van der Waals surface area contributed by atoms with E-state index >= 15 is 0 Å². The van der Waals surface area contributed by atoms with Gasteiger partial charge in [-0.2, -0.15) is 0 Å². The van der Waals surface area contributed by atoms with Crippen LogP contribution >= 0.6 is 0 Å². The van der Waals surface area contributed by atoms with Gasteiger partial charge in [-0.25, -0.2) is 0 Å². The predicted octanol–water partition coefficient (Wildman–Crippen LogP) is 0.766. The molecular weight excluding hydrogens is 204 g/mol. The van der Waals surface area contributed by atoms with Crippen LogP contribution in [0.15, 0.2) is 0 Å². The summed E-state index contributed by atoms with van der Waals surface area (Å²) in [6.45, 7) is 5.53. The largest absolute Gasteiger partial charge is 0.378 e. The molecule has 2 saturated heterocycles. The van der Waals surface area contributed by atoms with E-state index in [4.69, 9.17) is 4.74 Å². The van der Waals surface area contributed by atoms with E-state index in [2.05, 4.69) is 5.32 Å². The van der Waals surface area contributed by atoms with Crippen LogP contribution in [-0.2, 0) is 9.53 Å². The van der Waals surface area contributed by atoms with Crippen LogP contribution in [0.25, 0.3) is 0 Å². The molecule has 2 aliphatic rings. The van der Waals surface area contributed by atoms with Gasteiger partial charge in [-0.1, -0.05) is 0 Å². The van der Waals surface area contributed by atoms with Crippen LogP contribution in [0, 0.1) is 0 Å². The van der Waals surface area contributed by atoms with Gasteiger partial charge in [0.1, 0.15) is 0 Å². The van der Waals surface area contributed by atoms with Gasteiger partial charge in [-0.15, -0.1) is 0 Å². The molecular formula is C12H22N2O2. The summed E-state index contributed by atoms with van der Waals surface area (Å²) < 4.78 is 5.58. The minimum absolute atomic E-state index is 0.0867. The number of carbonyl (C=O) groups is 1. The van der Waals surface area contributed by atoms with E-state index < -0.39 is 0 Å². The molecule has 2 fully saturated rings. The van der Waals surface area contributed by atoms with Crippen molar-refractivity contribution in [2.24, 2.45) is 0 Å². The van der Waals surface area contributed by atoms with Gasteiger partial charge in [0, 0.05) is 19.7 Å². The van der Waals surface area contributed by atoms with Crippen molar-refractivity contribution in [2.45, 2.75) is 44.8 Å². The van der Waals surface area contributed by atoms with Gasteiger partial charge >= 0.3 is 0 Å². The molecule has 1 N–H and O–H groups in total. The van der Waals surface area contributed by atoms with Gasteiger partial charge in [-0.3, -0.25) is 4.79 Å². The second kappa shape index (κ2) is 5.64. The van der Waals surface area contributed by atoms with Crippen molar-refractivity contribution in [3.05, 3.63) is 0 Å². The molecule has 0 aromatic heterocycles. The van der Waals surface area contributed by atoms with E-state index in [-0.39, 0.29) is 6.04 Å². The molecule has 0 saturated carbocycles. The lowest BCUT2D eigenvalue weighted by Crippen LogP contribution is -2.48. The molecule has 0 radical (unpaired) electrons. The standard InChI is InChI=1S/C12H22N2O2/c1-2-16-10-5-8-14(9-6-10)12(15)11-4-3-7-13-11/h10-11,13H,2-9H2,1H3/t11-/m1/s1. The van der Waals surface area contributed by atoms with E-state index in [1.54, 1.807) is 0 Å². The van der Waals surface area contributed by atoms with Gasteiger partial charge in [0.25, 0.3) is 0 Å². The van der Waals surface area contributed by atoms with E-state index in [0.29, 0.717) is 12.0 Å². The number of amides is 1. The number of ether oxygens (including phenoxy) is 1. The maximum absolute atomic E-state index is 12.1. The predicted molar refractivity (Wildman–Crippen MR) is 62.3 cm³/mol. The van der Waals surface area contributed by atoms with Crippen molar-refractivity contribution < 1.29 is 9.53 Å². The first-order chi connectivity index (χ1) is 7.81. The van der Waals surface area contributed by atoms with Crippen LogP contribution in [0.1, 0.15) is 32.6 Å². The summed E-state index contributed by atoms with van der Waals surface area (Å²) in [7, 11) is 0. The third-order valence-electron chi connectivity index (χ3n) is 3.51. The summed E-state index contributed by atoms with van der Waals surface area (Å²) in [6, 6.07) is 0.0867. The lowest BCUT2D eigenvalue weighted by atomic mass is 10.1. The van der Waals surface area contributed by atoms with Crippen LogP contribution in [-0.4, -0.2) is 49.2 Å². The van der Waals surface area contributed by atoms with Crippen LogP contribution < -0.4 is 5.32 Å². The SMILES string of the molecule is CCOC1CCN(C(=O)[C@H]2CCCN2)CC1. The maximum Gasteiger partial charge on any atom is 0.239 e. The molecule has 2 rings (SSSR count). The molecule has 4 heteroatoms. The van der Waals surface area contributed by atoms with Gasteiger partial charge in [0.2, 0.25) is 5.91 Å². The van der Waals surface area contributed by atoms with Crippen molar-refractivity contribution in [1.29, 1.82) is 0 Å². The molecule has 1 amide bonds. The highest BCUT2D eigenvalue weighted by molar-refractivity contribution is 5.82. The van der Waals surface area contributed by atoms with Gasteiger partial charge in [-0.05, 0) is 39.2 Å². The summed E-state index contributed by atoms with van der Waals surface area (Å²) >= 11 is 0. The third kappa shape index (κ3) is 2.74. The fraction of sp³-hybridized carbons (Fsp3) is 0.917. The van der Waals surface area contributed by atoms with Crippen molar-refractivity contribution in [1.82, 2.24) is 10.2 Å². The Balaban J connectivity index is 1.77. The second-order valence-corrected chi connectivity index (χ2v) is 4.63. The van der Waals surface area contributed by atoms with Crippen molar-refractivity contribution >= 4 is 5.91 Å². The van der Waals surface area contributed by atoms with Gasteiger partial charge in [0.05, 0.1) is 12.1 Å². The number of hydrogen-bond donors (Lipinski definition) is 1. The van der Waals surface area contributed by atoms with Gasteiger partial charge in [0.15, 0.2) is 0 Å². The summed E-state index contributed by atoms with van der Waals surface area (Å²) in [4.78, 5) is 14.1. The number of rotatable bonds is 3. The Labute approximate surface area is 97.3 Å². The van der Waals surface area contributed by atoms with Crippen molar-refractivity contribution in [2.75, 3.05) is 26.2 Å². The Bertz CT molecular complexity index is 231. The Morgan fingerprint density at radius 2 is 2.12 bits per heavy atom. The number of hydrogen-bond acceptors (Lipinski definition) is 3. The number of carbonyl (C=O) groups excluding carboxylic acids is 1. The summed E-state index contributed by atoms with van der Waals surface area (Å²) in [5, 5.41) is 3.27. The Kier molecular flexibility index (Phi) is 4.18. The Morgan fingerprint density at radius 1 is 1.38 bits per heavy atom. The van der Waals surface area contributed by atoms with Crippen LogP contribution in [0.4, 0.5) is 0 Å². The van der Waals surface area contributed by atoms with E-state index in [1.165, 1.54) is 0 Å². The lowest BCUT2D eigenvalue weighted by molar-refractivity contribution is -0.135. The molecule has 16 heavy (non-hydrogen) atoms. The minimum Gasteiger partial charge on any atom is -0.378 e. The zero-order valence-electron chi connectivity index (χ0n) is 10.1. The average molecular weight is 226 g/mol. The molecule has 92 valence electrons. The van der Waals surface area contributed by atoms with Crippen molar-refractivity contribution in [3.63, 3.8) is 0 Å². The minimum atomic E-state index is 0.0867. The number of nitrogens with one attached hydrogen (secondary N) is 1. The lowest BCUT2D eigenvalue weighted by Gasteiger charge is -2.33. The fourth-order valence-corrected chi connectivity index (χ4v) is 2.59. The smallest absolute Gasteiger partial charge is 0.239 e. The summed E-state index contributed by atoms with van der Waals surface area (Å²) in [5.41, 5.74) is 0. The molecule has 2 aliphatic heterocycles. The fourth-order valence-electron chi connectivity index (χ4n) is 2.59. The first kappa shape index (κ1) is 11.9. The van der Waals surface area contributed by atoms with E-state index in [9.17, 15) is 4.79 Å². The molecule has 0 unspecified atom stereocenters. The highest BCUT2D eigenvalue weighted by Gasteiger charge is 2.29. The van der Waals surface area contributed by atoms with Crippen molar-refractivity contribution in [3.8, 4) is 0 Å². The molecule has 0 aliphatic carbocycles. The zero-order valence-corrected chi connectivity index (χ0v) is 10.1. The van der Waals surface area contributed by atoms with Crippen LogP contribution in [0.5, 0.6) is 0 Å². The number of likely N-dealkylation sites (tertiary alicyclic amines) is 1. The second-order valence-electron chi connectivity index (χ2n) is 4.63. The number of nitrogens with zero attached hydrogens (tertiary/aromatic N) is 1. The molecule has 1 atom stereocenters. The Hall–Kier alpha value is -0.610. The zero-order chi connectivity index (χ0) is 11.4. The molecule has 4 nitrogen and oxygen atoms in total. The topological polar surface area (TPSA) is 41.6 Å². The monoisotopic (exact) mass is 226 g/mol. The Morgan fingerprint density at radius 3 is 2.69 bits per heavy atom. The van der Waals surface area contributed by atoms with E-state index in [1.807, 2.05) is 11.8 Å². The third-order valence-corrected chi connectivity index (χ3v) is 3.51. The highest BCUT2D eigenvalue weighted by Crippen LogP contribution is 2.16. The molecule has 0 aromatic rings. The van der Waals surface area contributed by atoms with Crippen LogP contribution in [0.3, 0.4) is 0 Å². The van der Waals surface area contributed by atoms with Gasteiger partial charge < -0.3 is 15.0 Å². The maximum atomic E-state index is 12.1. The highest BCUT2D eigenvalue weighted by atomic mass is 16.5. The quantitative estimate of drug-likeness (QED) is 0.772. The molecule has 0 bridgehead atoms.